The van der Waals surface area contributed by atoms with Crippen LogP contribution in [0.15, 0.2) is 78.4 Å². The number of amides is 2. The van der Waals surface area contributed by atoms with Crippen molar-refractivity contribution in [3.63, 3.8) is 0 Å². The molecule has 0 atom stereocenters. The minimum absolute atomic E-state index is 0.0736. The third-order valence-corrected chi connectivity index (χ3v) is 6.96. The molecule has 2 amide bonds. The Morgan fingerprint density at radius 1 is 0.931 bits per heavy atom. The van der Waals surface area contributed by atoms with Crippen LogP contribution in [-0.4, -0.2) is 43.4 Å². The molecule has 0 saturated carbocycles. The van der Waals surface area contributed by atoms with Gasteiger partial charge in [0.25, 0.3) is 0 Å². The predicted octanol–water partition coefficient (Wildman–Crippen LogP) is 3.47. The van der Waals surface area contributed by atoms with Gasteiger partial charge in [-0.1, -0.05) is 0 Å². The third kappa shape index (κ3) is 3.93. The molecule has 2 heterocycles. The first kappa shape index (κ1) is 19.3. The summed E-state index contributed by atoms with van der Waals surface area (Å²) >= 11 is 4.92. The Morgan fingerprint density at radius 3 is 2.10 bits per heavy atom. The molecule has 0 aliphatic carbocycles. The van der Waals surface area contributed by atoms with Gasteiger partial charge in [-0.05, 0) is 0 Å². The normalized spacial score (nSPS) is 15.6. The maximum absolute atomic E-state index is 12.5. The minimum atomic E-state index is -0.453. The average molecular weight is 466 g/mol. The van der Waals surface area contributed by atoms with Crippen molar-refractivity contribution in [2.75, 3.05) is 11.9 Å². The van der Waals surface area contributed by atoms with Crippen molar-refractivity contribution in [2.24, 2.45) is 0 Å². The average Bonchev–Trinajstić information content (AvgIpc) is 3.19. The molecule has 2 aromatic carbocycles. The summed E-state index contributed by atoms with van der Waals surface area (Å²) in [6.07, 6.45) is 1.67. The molecule has 0 spiro atoms. The van der Waals surface area contributed by atoms with Crippen LogP contribution in [0.3, 0.4) is 0 Å². The quantitative estimate of drug-likeness (QED) is 0.277. The van der Waals surface area contributed by atoms with Gasteiger partial charge in [0.05, 0.1) is 0 Å². The second-order valence-electron chi connectivity index (χ2n) is 6.36. The summed E-state index contributed by atoms with van der Waals surface area (Å²) in [6, 6.07) is 24.3. The number of hydrogen-bond donors (Lipinski definition) is 1. The van der Waals surface area contributed by atoms with E-state index < -0.39 is 5.91 Å². The number of thiocarbonyl (C=S) groups is 1. The Labute approximate surface area is 180 Å². The summed E-state index contributed by atoms with van der Waals surface area (Å²) in [7, 11) is 1.56. The van der Waals surface area contributed by atoms with Crippen molar-refractivity contribution in [1.82, 2.24) is 10.2 Å². The summed E-state index contributed by atoms with van der Waals surface area (Å²) in [6.45, 7) is 0. The molecule has 7 heteroatoms. The van der Waals surface area contributed by atoms with Gasteiger partial charge in [-0.25, -0.2) is 0 Å². The third-order valence-electron chi connectivity index (χ3n) is 4.45. The summed E-state index contributed by atoms with van der Waals surface area (Å²) in [5.74, 6) is -0.835. The van der Waals surface area contributed by atoms with E-state index in [1.807, 2.05) is 48.5 Å². The zero-order chi connectivity index (χ0) is 20.4. The number of carbonyl (C=O) groups is 2. The Hall–Kier alpha value is -2.99. The summed E-state index contributed by atoms with van der Waals surface area (Å²) < 4.78 is 2.07. The second-order valence-corrected chi connectivity index (χ2v) is 9.05. The first-order chi connectivity index (χ1) is 14.0. The molecular weight excluding hydrogens is 449 g/mol. The molecule has 5 nitrogen and oxygen atoms in total. The van der Waals surface area contributed by atoms with Crippen molar-refractivity contribution in [1.29, 1.82) is 0 Å². The molecule has 144 valence electrons. The van der Waals surface area contributed by atoms with Crippen LogP contribution in [0.1, 0.15) is 4.44 Å². The number of anilines is 3. The van der Waals surface area contributed by atoms with E-state index in [0.29, 0.717) is 0 Å². The number of benzene rings is 2. The number of hydrogen-bond acceptors (Lipinski definition) is 4. The maximum atomic E-state index is 12.5. The van der Waals surface area contributed by atoms with Crippen LogP contribution in [0.2, 0.25) is 0 Å². The van der Waals surface area contributed by atoms with Crippen molar-refractivity contribution in [2.45, 2.75) is 0 Å². The van der Waals surface area contributed by atoms with E-state index in [9.17, 15) is 9.59 Å². The molecule has 1 aliphatic rings. The van der Waals surface area contributed by atoms with Crippen LogP contribution in [0, 0.1) is 0 Å². The molecule has 3 aromatic rings. The van der Waals surface area contributed by atoms with Gasteiger partial charge in [-0.2, -0.15) is 0 Å². The fraction of sp³-hybridized carbons (Fsp3) is 0.0455. The number of nitrogens with zero attached hydrogens (tertiary/aromatic N) is 2. The zero-order valence-electron chi connectivity index (χ0n) is 15.5. The fourth-order valence-corrected chi connectivity index (χ4v) is 5.24. The summed E-state index contributed by atoms with van der Waals surface area (Å²) in [5, 5.41) is 2.68. The van der Waals surface area contributed by atoms with Gasteiger partial charge >= 0.3 is 180 Å². The van der Waals surface area contributed by atoms with Gasteiger partial charge < -0.3 is 0 Å². The molecular formula is C22H17N3O2SSe. The van der Waals surface area contributed by atoms with Crippen LogP contribution in [0.25, 0.3) is 6.08 Å². The van der Waals surface area contributed by atoms with Gasteiger partial charge in [0.15, 0.2) is 0 Å². The molecule has 0 bridgehead atoms. The first-order valence-corrected chi connectivity index (χ1v) is 11.0. The molecule has 1 saturated heterocycles. The van der Waals surface area contributed by atoms with Gasteiger partial charge in [0, 0.05) is 0 Å². The fourth-order valence-electron chi connectivity index (χ4n) is 2.99. The molecule has 1 aliphatic heterocycles. The van der Waals surface area contributed by atoms with E-state index in [-0.39, 0.29) is 31.1 Å². The molecule has 1 fully saturated rings. The SMILES string of the molecule is CN1C(=O)/C(=C/c2ccc(N(c3ccccc3)c3ccccc3)[se]2)C(=O)NC1=S. The number of likely N-dealkylation sites (N-methyl/N-ethyl adjacent to an activating group) is 1. The topological polar surface area (TPSA) is 52.7 Å². The Balaban J connectivity index is 1.72. The van der Waals surface area contributed by atoms with E-state index in [1.165, 1.54) is 4.90 Å². The number of rotatable bonds is 4. The van der Waals surface area contributed by atoms with Crippen molar-refractivity contribution >= 4 is 65.7 Å². The van der Waals surface area contributed by atoms with Crippen LogP contribution in [0.5, 0.6) is 0 Å². The van der Waals surface area contributed by atoms with Gasteiger partial charge in [0.2, 0.25) is 0 Å². The molecule has 1 aromatic heterocycles. The van der Waals surface area contributed by atoms with E-state index in [1.54, 1.807) is 13.1 Å². The number of para-hydroxylation sites is 2. The Morgan fingerprint density at radius 2 is 1.52 bits per heavy atom. The van der Waals surface area contributed by atoms with Gasteiger partial charge in [-0.15, -0.1) is 0 Å². The molecule has 0 unspecified atom stereocenters. The Bertz CT molecular complexity index is 1070. The van der Waals surface area contributed by atoms with Crippen LogP contribution in [-0.2, 0) is 9.59 Å². The van der Waals surface area contributed by atoms with Crippen molar-refractivity contribution in [3.05, 3.63) is 82.8 Å². The molecule has 1 N–H and O–H groups in total. The van der Waals surface area contributed by atoms with E-state index in [0.717, 1.165) is 20.4 Å². The van der Waals surface area contributed by atoms with Crippen molar-refractivity contribution in [3.8, 4) is 0 Å². The first-order valence-electron chi connectivity index (χ1n) is 8.90. The van der Waals surface area contributed by atoms with E-state index >= 15 is 0 Å². The van der Waals surface area contributed by atoms with Crippen LogP contribution < -0.4 is 10.2 Å². The number of nitrogens with one attached hydrogen (secondary N) is 1. The van der Waals surface area contributed by atoms with E-state index in [4.69, 9.17) is 12.2 Å². The summed E-state index contributed by atoms with van der Waals surface area (Å²) in [5.41, 5.74) is 2.23. The predicted molar refractivity (Wildman–Crippen MR) is 120 cm³/mol. The summed E-state index contributed by atoms with van der Waals surface area (Å²) in [4.78, 5) is 28.2. The van der Waals surface area contributed by atoms with E-state index in [2.05, 4.69) is 34.5 Å². The van der Waals surface area contributed by atoms with Crippen LogP contribution in [0.4, 0.5) is 15.9 Å². The van der Waals surface area contributed by atoms with Crippen molar-refractivity contribution < 1.29 is 9.59 Å². The zero-order valence-corrected chi connectivity index (χ0v) is 18.1. The molecule has 0 radical (unpaired) electrons. The number of carbonyl (C=O) groups excluding carboxylic acids is 2. The standard InChI is InChI=1S/C22H17N3O2SSe/c1-24-21(27)18(20(26)23-22(24)28)14-17-12-13-19(29-17)25(15-8-4-2-5-9-15)16-10-6-3-7-11-16/h2-14H,1H3,(H,23,26,28)/b18-14+. The monoisotopic (exact) mass is 467 g/mol. The van der Waals surface area contributed by atoms with Gasteiger partial charge in [-0.3, -0.25) is 0 Å². The molecule has 29 heavy (non-hydrogen) atoms. The second kappa shape index (κ2) is 8.17. The van der Waals surface area contributed by atoms with Crippen LogP contribution >= 0.6 is 12.2 Å². The molecule has 4 rings (SSSR count). The Kier molecular flexibility index (Phi) is 5.45. The van der Waals surface area contributed by atoms with Gasteiger partial charge in [0.1, 0.15) is 0 Å².